The quantitative estimate of drug-likeness (QED) is 0.565. The summed E-state index contributed by atoms with van der Waals surface area (Å²) >= 11 is 0.909. The lowest BCUT2D eigenvalue weighted by atomic mass is 10.0. The Hall–Kier alpha value is -2.80. The number of thioether (sulfide) groups is 1. The topological polar surface area (TPSA) is 62.6 Å². The number of amides is 3. The van der Waals surface area contributed by atoms with E-state index >= 15 is 0 Å². The number of piperidine rings is 1. The first-order chi connectivity index (χ1) is 15.8. The molecule has 4 rings (SSSR count). The molecule has 0 spiro atoms. The number of likely N-dealkylation sites (tertiary alicyclic amines) is 1. The summed E-state index contributed by atoms with van der Waals surface area (Å²) < 4.78 is 2.15. The fourth-order valence-corrected chi connectivity index (χ4v) is 5.32. The Labute approximate surface area is 199 Å². The van der Waals surface area contributed by atoms with Crippen molar-refractivity contribution in [2.45, 2.75) is 52.9 Å². The lowest BCUT2D eigenvalue weighted by Crippen LogP contribution is -2.44. The van der Waals surface area contributed by atoms with E-state index in [0.717, 1.165) is 58.6 Å². The largest absolute Gasteiger partial charge is 0.341 e. The van der Waals surface area contributed by atoms with Crippen molar-refractivity contribution in [1.29, 1.82) is 0 Å². The molecule has 2 aliphatic rings. The Balaban J connectivity index is 1.54. The second kappa shape index (κ2) is 9.59. The van der Waals surface area contributed by atoms with Gasteiger partial charge in [-0.25, -0.2) is 0 Å². The Morgan fingerprint density at radius 2 is 1.73 bits per heavy atom. The van der Waals surface area contributed by atoms with Crippen molar-refractivity contribution in [3.63, 3.8) is 0 Å². The summed E-state index contributed by atoms with van der Waals surface area (Å²) in [6, 6.07) is 10.5. The van der Waals surface area contributed by atoms with Crippen LogP contribution in [-0.2, 0) is 9.59 Å². The number of rotatable bonds is 5. The zero-order valence-corrected chi connectivity index (χ0v) is 20.6. The predicted molar refractivity (Wildman–Crippen MR) is 132 cm³/mol. The third-order valence-corrected chi connectivity index (χ3v) is 7.36. The zero-order chi connectivity index (χ0) is 23.7. The van der Waals surface area contributed by atoms with Gasteiger partial charge in [-0.05, 0) is 86.2 Å². The molecular weight excluding hydrogens is 434 g/mol. The van der Waals surface area contributed by atoms with Gasteiger partial charge < -0.3 is 9.47 Å². The maximum atomic E-state index is 13.0. The number of aromatic nitrogens is 1. The first-order valence-electron chi connectivity index (χ1n) is 11.6. The van der Waals surface area contributed by atoms with Gasteiger partial charge in [0.2, 0.25) is 5.91 Å². The molecule has 2 aliphatic heterocycles. The van der Waals surface area contributed by atoms with Crippen molar-refractivity contribution >= 4 is 34.9 Å². The molecule has 0 unspecified atom stereocenters. The van der Waals surface area contributed by atoms with E-state index in [1.807, 2.05) is 19.9 Å². The molecule has 0 saturated carbocycles. The average molecular weight is 466 g/mol. The molecule has 0 atom stereocenters. The fraction of sp³-hybridized carbons (Fsp3) is 0.423. The van der Waals surface area contributed by atoms with E-state index in [4.69, 9.17) is 0 Å². The van der Waals surface area contributed by atoms with Crippen molar-refractivity contribution in [3.8, 4) is 5.69 Å². The van der Waals surface area contributed by atoms with Crippen molar-refractivity contribution in [3.05, 3.63) is 57.8 Å². The Morgan fingerprint density at radius 1 is 1.06 bits per heavy atom. The number of carbonyl (C=O) groups excluding carboxylic acids is 3. The third-order valence-electron chi connectivity index (χ3n) is 6.45. The first kappa shape index (κ1) is 23.4. The summed E-state index contributed by atoms with van der Waals surface area (Å²) in [6.07, 6.45) is 4.85. The van der Waals surface area contributed by atoms with Crippen LogP contribution in [0.15, 0.2) is 35.2 Å². The van der Waals surface area contributed by atoms with Crippen molar-refractivity contribution < 1.29 is 14.4 Å². The van der Waals surface area contributed by atoms with Gasteiger partial charge in [-0.15, -0.1) is 0 Å². The molecule has 2 fully saturated rings. The average Bonchev–Trinajstić information content (AvgIpc) is 3.23. The van der Waals surface area contributed by atoms with Gasteiger partial charge in [0.15, 0.2) is 0 Å². The van der Waals surface area contributed by atoms with Crippen LogP contribution in [0.1, 0.15) is 61.5 Å². The molecule has 3 heterocycles. The number of carbonyl (C=O) groups is 3. The highest BCUT2D eigenvalue weighted by atomic mass is 32.2. The number of hydrogen-bond acceptors (Lipinski definition) is 4. The molecule has 2 saturated heterocycles. The molecule has 0 aliphatic carbocycles. The summed E-state index contributed by atoms with van der Waals surface area (Å²) in [5, 5.41) is -0.380. The minimum atomic E-state index is -0.388. The molecular formula is C26H31N3O3S. The van der Waals surface area contributed by atoms with Gasteiger partial charge in [0, 0.05) is 30.2 Å². The number of benzene rings is 1. The van der Waals surface area contributed by atoms with Gasteiger partial charge in [-0.2, -0.15) is 0 Å². The predicted octanol–water partition coefficient (Wildman–Crippen LogP) is 5.27. The van der Waals surface area contributed by atoms with Gasteiger partial charge >= 0.3 is 0 Å². The second-order valence-electron chi connectivity index (χ2n) is 9.12. The van der Waals surface area contributed by atoms with E-state index < -0.39 is 0 Å². The van der Waals surface area contributed by atoms with Crippen LogP contribution in [0.3, 0.4) is 0 Å². The lowest BCUT2D eigenvalue weighted by Gasteiger charge is -2.27. The molecule has 1 aromatic carbocycles. The highest BCUT2D eigenvalue weighted by Crippen LogP contribution is 2.34. The van der Waals surface area contributed by atoms with E-state index in [0.29, 0.717) is 23.9 Å². The molecule has 0 radical (unpaired) electrons. The van der Waals surface area contributed by atoms with Crippen LogP contribution in [0.4, 0.5) is 4.79 Å². The number of imide groups is 1. The van der Waals surface area contributed by atoms with Crippen LogP contribution < -0.4 is 0 Å². The molecule has 33 heavy (non-hydrogen) atoms. The van der Waals surface area contributed by atoms with E-state index in [-0.39, 0.29) is 23.6 Å². The number of hydrogen-bond donors (Lipinski definition) is 0. The van der Waals surface area contributed by atoms with Crippen LogP contribution >= 0.6 is 11.8 Å². The standard InChI is InChI=1S/C26H31N3O3S/c1-17(2)20-8-10-22(11-9-20)29-18(3)14-21(19(29)4)15-23-25(31)28(26(32)33-23)16-24(30)27-12-6-5-7-13-27/h8-11,14-15,17H,5-7,12-13,16H2,1-4H3/b23-15-. The van der Waals surface area contributed by atoms with Crippen molar-refractivity contribution in [1.82, 2.24) is 14.4 Å². The van der Waals surface area contributed by atoms with Gasteiger partial charge in [-0.3, -0.25) is 19.3 Å². The zero-order valence-electron chi connectivity index (χ0n) is 19.8. The Morgan fingerprint density at radius 3 is 2.36 bits per heavy atom. The molecule has 0 N–H and O–H groups in total. The second-order valence-corrected chi connectivity index (χ2v) is 10.1. The van der Waals surface area contributed by atoms with Crippen LogP contribution in [0, 0.1) is 13.8 Å². The maximum Gasteiger partial charge on any atom is 0.294 e. The van der Waals surface area contributed by atoms with Gasteiger partial charge in [-0.1, -0.05) is 26.0 Å². The highest BCUT2D eigenvalue weighted by molar-refractivity contribution is 8.18. The van der Waals surface area contributed by atoms with Crippen LogP contribution in [0.2, 0.25) is 0 Å². The molecule has 6 nitrogen and oxygen atoms in total. The summed E-state index contributed by atoms with van der Waals surface area (Å²) in [6.45, 7) is 9.62. The summed E-state index contributed by atoms with van der Waals surface area (Å²) in [5.41, 5.74) is 5.30. The van der Waals surface area contributed by atoms with Gasteiger partial charge in [0.25, 0.3) is 11.1 Å². The van der Waals surface area contributed by atoms with E-state index in [1.54, 1.807) is 11.0 Å². The smallest absolute Gasteiger partial charge is 0.294 e. The summed E-state index contributed by atoms with van der Waals surface area (Å²) in [5.74, 6) is -0.0680. The SMILES string of the molecule is Cc1cc(/C=C2\SC(=O)N(CC(=O)N3CCCCC3)C2=O)c(C)n1-c1ccc(C(C)C)cc1. The maximum absolute atomic E-state index is 13.0. The van der Waals surface area contributed by atoms with E-state index in [9.17, 15) is 14.4 Å². The number of aryl methyl sites for hydroxylation is 1. The van der Waals surface area contributed by atoms with Crippen LogP contribution in [0.5, 0.6) is 0 Å². The first-order valence-corrected chi connectivity index (χ1v) is 12.4. The van der Waals surface area contributed by atoms with Crippen molar-refractivity contribution in [2.24, 2.45) is 0 Å². The summed E-state index contributed by atoms with van der Waals surface area (Å²) in [4.78, 5) is 41.3. The minimum Gasteiger partial charge on any atom is -0.341 e. The molecule has 174 valence electrons. The Kier molecular flexibility index (Phi) is 6.79. The molecule has 7 heteroatoms. The normalized spacial score (nSPS) is 18.2. The van der Waals surface area contributed by atoms with Crippen LogP contribution in [0.25, 0.3) is 11.8 Å². The van der Waals surface area contributed by atoms with Crippen LogP contribution in [-0.4, -0.2) is 51.1 Å². The number of nitrogens with zero attached hydrogens (tertiary/aromatic N) is 3. The molecule has 0 bridgehead atoms. The van der Waals surface area contributed by atoms with Gasteiger partial charge in [0.05, 0.1) is 4.91 Å². The van der Waals surface area contributed by atoms with Gasteiger partial charge in [0.1, 0.15) is 6.54 Å². The summed E-state index contributed by atoms with van der Waals surface area (Å²) in [7, 11) is 0. The van der Waals surface area contributed by atoms with E-state index in [1.165, 1.54) is 5.56 Å². The third kappa shape index (κ3) is 4.78. The van der Waals surface area contributed by atoms with E-state index in [2.05, 4.69) is 42.7 Å². The fourth-order valence-electron chi connectivity index (χ4n) is 4.50. The minimum absolute atomic E-state index is 0.152. The highest BCUT2D eigenvalue weighted by Gasteiger charge is 2.37. The van der Waals surface area contributed by atoms with Crippen molar-refractivity contribution in [2.75, 3.05) is 19.6 Å². The molecule has 2 aromatic rings. The molecule has 3 amide bonds. The monoisotopic (exact) mass is 465 g/mol. The Bertz CT molecular complexity index is 1110. The lowest BCUT2D eigenvalue weighted by molar-refractivity contribution is -0.136. The molecule has 1 aromatic heterocycles.